The van der Waals surface area contributed by atoms with E-state index < -0.39 is 23.5 Å². The van der Waals surface area contributed by atoms with Crippen LogP contribution in [0.5, 0.6) is 5.88 Å². The van der Waals surface area contributed by atoms with Gasteiger partial charge < -0.3 is 4.74 Å². The van der Waals surface area contributed by atoms with Crippen molar-refractivity contribution in [1.29, 1.82) is 0 Å². The van der Waals surface area contributed by atoms with Crippen molar-refractivity contribution in [2.75, 3.05) is 26.2 Å². The van der Waals surface area contributed by atoms with Crippen molar-refractivity contribution in [1.82, 2.24) is 9.88 Å². The van der Waals surface area contributed by atoms with Gasteiger partial charge >= 0.3 is 0 Å². The highest BCUT2D eigenvalue weighted by Crippen LogP contribution is 2.16. The predicted octanol–water partition coefficient (Wildman–Crippen LogP) is 1.97. The second kappa shape index (κ2) is 5.35. The van der Waals surface area contributed by atoms with Gasteiger partial charge in [-0.25, -0.2) is 8.78 Å². The average Bonchev–Trinajstić information content (AvgIpc) is 2.78. The first-order chi connectivity index (χ1) is 8.16. The maximum atomic E-state index is 13.1. The monoisotopic (exact) mass is 246 g/mol. The molecule has 1 saturated heterocycles. The normalized spacial score (nSPS) is 16.4. The third-order valence-corrected chi connectivity index (χ3v) is 2.70. The van der Waals surface area contributed by atoms with Crippen LogP contribution < -0.4 is 4.74 Å². The maximum absolute atomic E-state index is 13.1. The summed E-state index contributed by atoms with van der Waals surface area (Å²) in [6.07, 6.45) is 2.30. The zero-order chi connectivity index (χ0) is 12.3. The highest BCUT2D eigenvalue weighted by Gasteiger charge is 2.14. The van der Waals surface area contributed by atoms with Crippen molar-refractivity contribution < 1.29 is 17.9 Å². The van der Waals surface area contributed by atoms with Crippen molar-refractivity contribution >= 4 is 0 Å². The predicted molar refractivity (Wildman–Crippen MR) is 55.3 cm³/mol. The van der Waals surface area contributed by atoms with Crippen LogP contribution in [0.15, 0.2) is 6.07 Å². The van der Waals surface area contributed by atoms with E-state index >= 15 is 0 Å². The molecule has 1 aromatic rings. The number of ether oxygens (including phenoxy) is 1. The van der Waals surface area contributed by atoms with Crippen LogP contribution >= 0.6 is 0 Å². The van der Waals surface area contributed by atoms with Crippen LogP contribution in [-0.2, 0) is 0 Å². The van der Waals surface area contributed by atoms with Crippen LogP contribution in [0.25, 0.3) is 0 Å². The van der Waals surface area contributed by atoms with Gasteiger partial charge in [-0.15, -0.1) is 0 Å². The van der Waals surface area contributed by atoms with E-state index in [9.17, 15) is 13.2 Å². The van der Waals surface area contributed by atoms with Crippen LogP contribution in [0.1, 0.15) is 12.8 Å². The molecule has 6 heteroatoms. The third kappa shape index (κ3) is 3.09. The molecule has 0 bridgehead atoms. The molecule has 1 aliphatic heterocycles. The molecule has 1 aliphatic rings. The SMILES string of the molecule is Fc1cc(F)c(OCCN2CCCC2)nc1F. The first-order valence-corrected chi connectivity index (χ1v) is 5.53. The van der Waals surface area contributed by atoms with Gasteiger partial charge in [0.1, 0.15) is 6.61 Å². The highest BCUT2D eigenvalue weighted by molar-refractivity contribution is 5.15. The van der Waals surface area contributed by atoms with Crippen LogP contribution in [0.3, 0.4) is 0 Å². The van der Waals surface area contributed by atoms with Gasteiger partial charge in [0.25, 0.3) is 11.8 Å². The fourth-order valence-corrected chi connectivity index (χ4v) is 1.81. The Morgan fingerprint density at radius 2 is 1.88 bits per heavy atom. The molecular formula is C11H13F3N2O. The van der Waals surface area contributed by atoms with E-state index in [1.165, 1.54) is 0 Å². The Hall–Kier alpha value is -1.30. The van der Waals surface area contributed by atoms with Gasteiger partial charge in [-0.05, 0) is 25.9 Å². The minimum absolute atomic E-state index is 0.217. The number of pyridine rings is 1. The zero-order valence-corrected chi connectivity index (χ0v) is 9.26. The fraction of sp³-hybridized carbons (Fsp3) is 0.545. The molecule has 94 valence electrons. The lowest BCUT2D eigenvalue weighted by Gasteiger charge is -2.14. The Bertz CT molecular complexity index is 395. The van der Waals surface area contributed by atoms with Gasteiger partial charge in [0.05, 0.1) is 0 Å². The van der Waals surface area contributed by atoms with Gasteiger partial charge in [0, 0.05) is 12.6 Å². The van der Waals surface area contributed by atoms with Crippen molar-refractivity contribution in [3.8, 4) is 5.88 Å². The summed E-state index contributed by atoms with van der Waals surface area (Å²) >= 11 is 0. The van der Waals surface area contributed by atoms with Gasteiger partial charge in [0.15, 0.2) is 11.6 Å². The molecule has 0 atom stereocenters. The molecule has 0 unspecified atom stereocenters. The standard InChI is InChI=1S/C11H13F3N2O/c12-8-7-9(13)11(15-10(8)14)17-6-5-16-3-1-2-4-16/h7H,1-6H2. The van der Waals surface area contributed by atoms with Gasteiger partial charge in [0.2, 0.25) is 0 Å². The summed E-state index contributed by atoms with van der Waals surface area (Å²) in [5.41, 5.74) is 0. The molecule has 0 radical (unpaired) electrons. The Labute approximate surface area is 97.2 Å². The summed E-state index contributed by atoms with van der Waals surface area (Å²) in [6.45, 7) is 2.85. The largest absolute Gasteiger partial charge is 0.474 e. The number of hydrogen-bond acceptors (Lipinski definition) is 3. The van der Waals surface area contributed by atoms with Crippen LogP contribution in [-0.4, -0.2) is 36.1 Å². The molecule has 1 aromatic heterocycles. The summed E-state index contributed by atoms with van der Waals surface area (Å²) in [5, 5.41) is 0. The molecule has 0 saturated carbocycles. The molecule has 0 amide bonds. The number of nitrogens with zero attached hydrogens (tertiary/aromatic N) is 2. The number of halogens is 3. The smallest absolute Gasteiger partial charge is 0.253 e. The van der Waals surface area contributed by atoms with E-state index in [-0.39, 0.29) is 6.61 Å². The molecule has 2 heterocycles. The number of aromatic nitrogens is 1. The molecule has 0 spiro atoms. The highest BCUT2D eigenvalue weighted by atomic mass is 19.2. The molecule has 0 aliphatic carbocycles. The molecule has 17 heavy (non-hydrogen) atoms. The quantitative estimate of drug-likeness (QED) is 0.759. The van der Waals surface area contributed by atoms with Gasteiger partial charge in [-0.3, -0.25) is 4.90 Å². The average molecular weight is 246 g/mol. The number of likely N-dealkylation sites (tertiary alicyclic amines) is 1. The minimum Gasteiger partial charge on any atom is -0.474 e. The summed E-state index contributed by atoms with van der Waals surface area (Å²) < 4.78 is 43.5. The topological polar surface area (TPSA) is 25.4 Å². The first-order valence-electron chi connectivity index (χ1n) is 5.53. The van der Waals surface area contributed by atoms with E-state index in [0.29, 0.717) is 12.6 Å². The summed E-state index contributed by atoms with van der Waals surface area (Å²) in [7, 11) is 0. The molecule has 0 aromatic carbocycles. The third-order valence-electron chi connectivity index (χ3n) is 2.70. The van der Waals surface area contributed by atoms with E-state index in [0.717, 1.165) is 25.9 Å². The van der Waals surface area contributed by atoms with E-state index in [4.69, 9.17) is 4.74 Å². The maximum Gasteiger partial charge on any atom is 0.253 e. The molecule has 2 rings (SSSR count). The van der Waals surface area contributed by atoms with Crippen molar-refractivity contribution in [3.63, 3.8) is 0 Å². The second-order valence-electron chi connectivity index (χ2n) is 3.95. The molecule has 0 N–H and O–H groups in total. The second-order valence-corrected chi connectivity index (χ2v) is 3.95. The first kappa shape index (κ1) is 12.2. The Morgan fingerprint density at radius 1 is 1.18 bits per heavy atom. The van der Waals surface area contributed by atoms with E-state index in [1.54, 1.807) is 0 Å². The van der Waals surface area contributed by atoms with Crippen LogP contribution in [0, 0.1) is 17.6 Å². The fourth-order valence-electron chi connectivity index (χ4n) is 1.81. The zero-order valence-electron chi connectivity index (χ0n) is 9.26. The Kier molecular flexibility index (Phi) is 3.83. The Balaban J connectivity index is 1.87. The lowest BCUT2D eigenvalue weighted by atomic mass is 10.4. The van der Waals surface area contributed by atoms with Crippen LogP contribution in [0.4, 0.5) is 13.2 Å². The van der Waals surface area contributed by atoms with Gasteiger partial charge in [-0.1, -0.05) is 0 Å². The lowest BCUT2D eigenvalue weighted by Crippen LogP contribution is -2.25. The van der Waals surface area contributed by atoms with Crippen molar-refractivity contribution in [2.45, 2.75) is 12.8 Å². The molecule has 3 nitrogen and oxygen atoms in total. The molecular weight excluding hydrogens is 233 g/mol. The van der Waals surface area contributed by atoms with E-state index in [1.807, 2.05) is 0 Å². The Morgan fingerprint density at radius 3 is 2.59 bits per heavy atom. The summed E-state index contributed by atoms with van der Waals surface area (Å²) in [4.78, 5) is 5.24. The summed E-state index contributed by atoms with van der Waals surface area (Å²) in [5.74, 6) is -4.12. The lowest BCUT2D eigenvalue weighted by molar-refractivity contribution is 0.221. The number of rotatable bonds is 4. The van der Waals surface area contributed by atoms with E-state index in [2.05, 4.69) is 9.88 Å². The number of hydrogen-bond donors (Lipinski definition) is 0. The van der Waals surface area contributed by atoms with Crippen LogP contribution in [0.2, 0.25) is 0 Å². The summed E-state index contributed by atoms with van der Waals surface area (Å²) in [6, 6.07) is 0.438. The van der Waals surface area contributed by atoms with Gasteiger partial charge in [-0.2, -0.15) is 9.37 Å². The minimum atomic E-state index is -1.34. The molecule has 1 fully saturated rings. The van der Waals surface area contributed by atoms with Crippen molar-refractivity contribution in [2.24, 2.45) is 0 Å². The van der Waals surface area contributed by atoms with Crippen molar-refractivity contribution in [3.05, 3.63) is 23.6 Å².